The van der Waals surface area contributed by atoms with Crippen molar-refractivity contribution in [2.75, 3.05) is 39.5 Å². The zero-order valence-corrected chi connectivity index (χ0v) is 10.4. The van der Waals surface area contributed by atoms with E-state index in [2.05, 4.69) is 17.0 Å². The Labute approximate surface area is 107 Å². The summed E-state index contributed by atoms with van der Waals surface area (Å²) in [6.07, 6.45) is 0. The first-order chi connectivity index (χ1) is 8.88. The smallest absolute Gasteiger partial charge is 0.122 e. The number of nitrogens with zero attached hydrogens (tertiary/aromatic N) is 1. The van der Waals surface area contributed by atoms with Gasteiger partial charge < -0.3 is 14.6 Å². The minimum absolute atomic E-state index is 0.131. The molecule has 0 bridgehead atoms. The predicted molar refractivity (Wildman–Crippen MR) is 67.9 cm³/mol. The molecule has 2 atom stereocenters. The van der Waals surface area contributed by atoms with Gasteiger partial charge in [-0.25, -0.2) is 0 Å². The summed E-state index contributed by atoms with van der Waals surface area (Å²) < 4.78 is 11.1. The van der Waals surface area contributed by atoms with Crippen LogP contribution in [0, 0.1) is 0 Å². The highest BCUT2D eigenvalue weighted by atomic mass is 16.5. The van der Waals surface area contributed by atoms with E-state index in [1.807, 2.05) is 12.1 Å². The van der Waals surface area contributed by atoms with Crippen molar-refractivity contribution in [3.8, 4) is 5.75 Å². The fourth-order valence-corrected chi connectivity index (χ4v) is 2.76. The summed E-state index contributed by atoms with van der Waals surface area (Å²) in [4.78, 5) is 2.32. The van der Waals surface area contributed by atoms with Crippen LogP contribution in [0.2, 0.25) is 0 Å². The maximum Gasteiger partial charge on any atom is 0.122 e. The molecule has 98 valence electrons. The highest BCUT2D eigenvalue weighted by Crippen LogP contribution is 2.34. The van der Waals surface area contributed by atoms with Gasteiger partial charge in [0.05, 0.1) is 32.5 Å². The van der Waals surface area contributed by atoms with Gasteiger partial charge in [-0.05, 0) is 6.07 Å². The van der Waals surface area contributed by atoms with E-state index in [1.165, 1.54) is 5.56 Å². The first kappa shape index (κ1) is 12.0. The standard InChI is InChI=1S/C14H19NO3/c16-8-12-10-17-6-5-15(12)7-11-9-18-14-4-2-1-3-13(11)14/h1-4,11-12,16H,5-10H2. The molecule has 2 aliphatic heterocycles. The lowest BCUT2D eigenvalue weighted by atomic mass is 10.00. The second-order valence-electron chi connectivity index (χ2n) is 4.95. The van der Waals surface area contributed by atoms with E-state index in [0.717, 1.165) is 32.1 Å². The van der Waals surface area contributed by atoms with Crippen LogP contribution in [0.3, 0.4) is 0 Å². The van der Waals surface area contributed by atoms with Gasteiger partial charge in [0.2, 0.25) is 0 Å². The molecule has 1 saturated heterocycles. The lowest BCUT2D eigenvalue weighted by molar-refractivity contribution is -0.0302. The SMILES string of the molecule is OCC1COCCN1CC1COc2ccccc21. The molecular formula is C14H19NO3. The Morgan fingerprint density at radius 2 is 2.17 bits per heavy atom. The average molecular weight is 249 g/mol. The van der Waals surface area contributed by atoms with Crippen LogP contribution in [-0.2, 0) is 4.74 Å². The topological polar surface area (TPSA) is 41.9 Å². The number of hydrogen-bond donors (Lipinski definition) is 1. The Hall–Kier alpha value is -1.10. The highest BCUT2D eigenvalue weighted by Gasteiger charge is 2.29. The number of rotatable bonds is 3. The molecule has 4 nitrogen and oxygen atoms in total. The predicted octanol–water partition coefficient (Wildman–Crippen LogP) is 0.856. The monoisotopic (exact) mass is 249 g/mol. The van der Waals surface area contributed by atoms with Gasteiger partial charge in [0.15, 0.2) is 0 Å². The van der Waals surface area contributed by atoms with E-state index in [0.29, 0.717) is 12.5 Å². The second kappa shape index (κ2) is 5.26. The lowest BCUT2D eigenvalue weighted by Gasteiger charge is -2.35. The quantitative estimate of drug-likeness (QED) is 0.862. The summed E-state index contributed by atoms with van der Waals surface area (Å²) in [5.41, 5.74) is 1.29. The van der Waals surface area contributed by atoms with Crippen molar-refractivity contribution < 1.29 is 14.6 Å². The molecule has 0 radical (unpaired) electrons. The highest BCUT2D eigenvalue weighted by molar-refractivity contribution is 5.39. The molecule has 0 aliphatic carbocycles. The molecule has 1 aromatic rings. The van der Waals surface area contributed by atoms with Crippen molar-refractivity contribution in [3.63, 3.8) is 0 Å². The van der Waals surface area contributed by atoms with E-state index in [-0.39, 0.29) is 12.6 Å². The fraction of sp³-hybridized carbons (Fsp3) is 0.571. The summed E-state index contributed by atoms with van der Waals surface area (Å²) in [5, 5.41) is 9.38. The minimum Gasteiger partial charge on any atom is -0.493 e. The van der Waals surface area contributed by atoms with Gasteiger partial charge in [-0.2, -0.15) is 0 Å². The Morgan fingerprint density at radius 1 is 1.28 bits per heavy atom. The number of aliphatic hydroxyl groups excluding tert-OH is 1. The Balaban J connectivity index is 1.70. The number of benzene rings is 1. The lowest BCUT2D eigenvalue weighted by Crippen LogP contribution is -2.49. The molecule has 0 saturated carbocycles. The molecule has 0 spiro atoms. The third-order valence-electron chi connectivity index (χ3n) is 3.81. The first-order valence-corrected chi connectivity index (χ1v) is 6.53. The summed E-state index contributed by atoms with van der Waals surface area (Å²) in [6, 6.07) is 8.36. The van der Waals surface area contributed by atoms with Gasteiger partial charge in [0.1, 0.15) is 5.75 Å². The number of fused-ring (bicyclic) bond motifs is 1. The van der Waals surface area contributed by atoms with Crippen molar-refractivity contribution >= 4 is 0 Å². The van der Waals surface area contributed by atoms with Gasteiger partial charge in [-0.15, -0.1) is 0 Å². The Bertz CT molecular complexity index is 410. The van der Waals surface area contributed by atoms with E-state index in [9.17, 15) is 5.11 Å². The second-order valence-corrected chi connectivity index (χ2v) is 4.95. The third-order valence-corrected chi connectivity index (χ3v) is 3.81. The number of ether oxygens (including phenoxy) is 2. The third kappa shape index (κ3) is 2.23. The van der Waals surface area contributed by atoms with Crippen LogP contribution < -0.4 is 4.74 Å². The maximum absolute atomic E-state index is 9.38. The normalized spacial score (nSPS) is 27.8. The van der Waals surface area contributed by atoms with E-state index >= 15 is 0 Å². The Morgan fingerprint density at radius 3 is 3.06 bits per heavy atom. The van der Waals surface area contributed by atoms with Crippen molar-refractivity contribution in [1.29, 1.82) is 0 Å². The summed E-state index contributed by atoms with van der Waals surface area (Å²) in [7, 11) is 0. The first-order valence-electron chi connectivity index (χ1n) is 6.53. The molecule has 1 aromatic carbocycles. The van der Waals surface area contributed by atoms with Crippen molar-refractivity contribution in [1.82, 2.24) is 4.90 Å². The van der Waals surface area contributed by atoms with E-state index in [1.54, 1.807) is 0 Å². The molecular weight excluding hydrogens is 230 g/mol. The van der Waals surface area contributed by atoms with Crippen LogP contribution in [0.1, 0.15) is 11.5 Å². The van der Waals surface area contributed by atoms with Crippen molar-refractivity contribution in [2.24, 2.45) is 0 Å². The molecule has 0 aromatic heterocycles. The number of hydrogen-bond acceptors (Lipinski definition) is 4. The molecule has 1 fully saturated rings. The fourth-order valence-electron chi connectivity index (χ4n) is 2.76. The molecule has 2 unspecified atom stereocenters. The molecule has 2 aliphatic rings. The maximum atomic E-state index is 9.38. The molecule has 1 N–H and O–H groups in total. The van der Waals surface area contributed by atoms with Crippen molar-refractivity contribution in [2.45, 2.75) is 12.0 Å². The Kier molecular flexibility index (Phi) is 3.50. The van der Waals surface area contributed by atoms with Gasteiger partial charge >= 0.3 is 0 Å². The molecule has 0 amide bonds. The average Bonchev–Trinajstić information content (AvgIpc) is 2.83. The van der Waals surface area contributed by atoms with Crippen LogP contribution in [0.25, 0.3) is 0 Å². The van der Waals surface area contributed by atoms with Crippen LogP contribution in [0.5, 0.6) is 5.75 Å². The summed E-state index contributed by atoms with van der Waals surface area (Å²) >= 11 is 0. The largest absolute Gasteiger partial charge is 0.493 e. The van der Waals surface area contributed by atoms with Crippen LogP contribution in [-0.4, -0.2) is 55.6 Å². The zero-order chi connectivity index (χ0) is 12.4. The number of morpholine rings is 1. The number of aliphatic hydroxyl groups is 1. The molecule has 4 heteroatoms. The molecule has 3 rings (SSSR count). The summed E-state index contributed by atoms with van der Waals surface area (Å²) in [5.74, 6) is 1.42. The van der Waals surface area contributed by atoms with Crippen LogP contribution in [0.15, 0.2) is 24.3 Å². The van der Waals surface area contributed by atoms with Gasteiger partial charge in [-0.3, -0.25) is 4.90 Å². The molecule has 2 heterocycles. The minimum atomic E-state index is 0.131. The van der Waals surface area contributed by atoms with E-state index < -0.39 is 0 Å². The van der Waals surface area contributed by atoms with Crippen LogP contribution in [0.4, 0.5) is 0 Å². The van der Waals surface area contributed by atoms with E-state index in [4.69, 9.17) is 9.47 Å². The van der Waals surface area contributed by atoms with Crippen LogP contribution >= 0.6 is 0 Å². The van der Waals surface area contributed by atoms with Gasteiger partial charge in [-0.1, -0.05) is 18.2 Å². The van der Waals surface area contributed by atoms with Crippen molar-refractivity contribution in [3.05, 3.63) is 29.8 Å². The van der Waals surface area contributed by atoms with Gasteiger partial charge in [0, 0.05) is 24.6 Å². The summed E-state index contributed by atoms with van der Waals surface area (Å²) in [6.45, 7) is 4.12. The zero-order valence-electron chi connectivity index (χ0n) is 10.4. The number of para-hydroxylation sites is 1. The molecule has 18 heavy (non-hydrogen) atoms. The van der Waals surface area contributed by atoms with Gasteiger partial charge in [0.25, 0.3) is 0 Å².